The van der Waals surface area contributed by atoms with Crippen LogP contribution >= 0.6 is 0 Å². The Hall–Kier alpha value is -9.04. The third-order valence-electron chi connectivity index (χ3n) is 22.2. The van der Waals surface area contributed by atoms with Gasteiger partial charge >= 0.3 is 0 Å². The molecule has 0 nitrogen and oxygen atoms in total. The molecule has 0 heterocycles. The zero-order valence-electron chi connectivity index (χ0n) is 67.3. The molecular weight excluding hydrogens is 1290 g/mol. The van der Waals surface area contributed by atoms with E-state index >= 15 is 0 Å². The number of benzene rings is 8. The molecule has 556 valence electrons. The van der Waals surface area contributed by atoms with E-state index in [0.717, 1.165) is 147 Å². The van der Waals surface area contributed by atoms with E-state index in [9.17, 15) is 0 Å². The molecule has 0 unspecified atom stereocenters. The van der Waals surface area contributed by atoms with E-state index in [2.05, 4.69) is 273 Å². The van der Waals surface area contributed by atoms with Gasteiger partial charge in [0.05, 0.1) is 5.41 Å². The fraction of sp³-hybridized carbons (Fsp3) is 0.402. The lowest BCUT2D eigenvalue weighted by Gasteiger charge is -2.37. The van der Waals surface area contributed by atoms with Crippen LogP contribution in [0.1, 0.15) is 356 Å². The molecular formula is C107H128. The number of unbranched alkanes of at least 4 members (excludes halogenated alkanes) is 18. The molecule has 0 amide bonds. The Kier molecular flexibility index (Phi) is 36.1. The Bertz CT molecular complexity index is 3990. The Balaban J connectivity index is 1.32. The van der Waals surface area contributed by atoms with Crippen molar-refractivity contribution < 1.29 is 0 Å². The van der Waals surface area contributed by atoms with Crippen LogP contribution in [-0.4, -0.2) is 0 Å². The maximum absolute atomic E-state index is 6.30. The first-order chi connectivity index (χ1) is 52.5. The molecule has 8 aromatic carbocycles. The predicted molar refractivity (Wildman–Crippen MR) is 473 cm³/mol. The summed E-state index contributed by atoms with van der Waals surface area (Å²) in [5.41, 5.74) is 28.4. The predicted octanol–water partition coefficient (Wildman–Crippen LogP) is 29.3. The molecule has 0 radical (unpaired) electrons. The van der Waals surface area contributed by atoms with Crippen molar-refractivity contribution in [3.8, 4) is 49.4 Å². The maximum atomic E-state index is 6.30. The van der Waals surface area contributed by atoms with Crippen LogP contribution in [0.5, 0.6) is 0 Å². The van der Waals surface area contributed by atoms with Crippen molar-refractivity contribution in [3.05, 3.63) is 279 Å². The Morgan fingerprint density at radius 3 is 0.579 bits per heavy atom. The van der Waals surface area contributed by atoms with E-state index in [1.165, 1.54) is 205 Å². The molecule has 107 heavy (non-hydrogen) atoms. The average molecular weight is 1410 g/mol. The van der Waals surface area contributed by atoms with Gasteiger partial charge in [-0.1, -0.05) is 365 Å². The molecule has 0 aliphatic rings. The van der Waals surface area contributed by atoms with Gasteiger partial charge in [-0.05, 0) is 238 Å². The third-order valence-corrected chi connectivity index (χ3v) is 22.2. The van der Waals surface area contributed by atoms with Gasteiger partial charge in [0.25, 0.3) is 0 Å². The van der Waals surface area contributed by atoms with Gasteiger partial charge < -0.3 is 0 Å². The highest BCUT2D eigenvalue weighted by molar-refractivity contribution is 5.78. The largest absolute Gasteiger partial charge is 0.115 e. The van der Waals surface area contributed by atoms with Crippen LogP contribution < -0.4 is 0 Å². The number of aryl methyl sites for hydroxylation is 8. The highest BCUT2D eigenvalue weighted by Crippen LogP contribution is 2.46. The lowest BCUT2D eigenvalue weighted by atomic mass is 9.64. The summed E-state index contributed by atoms with van der Waals surface area (Å²) in [4.78, 5) is 0. The van der Waals surface area contributed by atoms with Crippen molar-refractivity contribution in [2.24, 2.45) is 0 Å². The van der Waals surface area contributed by atoms with E-state index in [1.54, 1.807) is 0 Å². The summed E-state index contributed by atoms with van der Waals surface area (Å²) < 4.78 is 0. The summed E-state index contributed by atoms with van der Waals surface area (Å²) in [6, 6.07) is 56.8. The SMILES string of the molecule is C#Cc1cc(CCCCC)c(/C=C/c2ccc(C(c3ccc(/C=C/c4cc(CCCCC)c(C#C)cc4CCCCC)cc3)(c3ccc(/C=C/c4cc(CCCCC)c(C#C)cc4CCCCC)cc3)c3ccc(/C=C/c4cc(CCCCCC)c(C#C)cc4CCCCCC)cc3)cc2)cc1CCCCC. The van der Waals surface area contributed by atoms with Crippen molar-refractivity contribution in [2.45, 2.75) is 279 Å². The average Bonchev–Trinajstić information content (AvgIpc) is 0.731. The third kappa shape index (κ3) is 24.5. The summed E-state index contributed by atoms with van der Waals surface area (Å²) in [6.07, 6.45) is 82.5. The number of rotatable bonds is 46. The molecule has 0 saturated heterocycles. The summed E-state index contributed by atoms with van der Waals surface area (Å²) >= 11 is 0. The minimum Gasteiger partial charge on any atom is -0.115 e. The maximum Gasteiger partial charge on any atom is 0.0701 e. The molecule has 0 fully saturated rings. The number of terminal acetylenes is 4. The van der Waals surface area contributed by atoms with E-state index in [0.29, 0.717) is 0 Å². The summed E-state index contributed by atoms with van der Waals surface area (Å²) in [7, 11) is 0. The monoisotopic (exact) mass is 1410 g/mol. The van der Waals surface area contributed by atoms with E-state index in [4.69, 9.17) is 25.7 Å². The first kappa shape index (κ1) is 83.6. The van der Waals surface area contributed by atoms with Crippen LogP contribution in [0, 0.1) is 49.4 Å². The number of hydrogen-bond donors (Lipinski definition) is 0. The molecule has 0 spiro atoms. The van der Waals surface area contributed by atoms with Crippen molar-refractivity contribution in [2.75, 3.05) is 0 Å². The second kappa shape index (κ2) is 46.2. The lowest BCUT2D eigenvalue weighted by molar-refractivity contribution is 0.662. The Morgan fingerprint density at radius 1 is 0.215 bits per heavy atom. The fourth-order valence-corrected chi connectivity index (χ4v) is 15.7. The second-order valence-corrected chi connectivity index (χ2v) is 30.3. The van der Waals surface area contributed by atoms with E-state index in [-0.39, 0.29) is 0 Å². The van der Waals surface area contributed by atoms with Crippen LogP contribution in [0.15, 0.2) is 146 Å². The first-order valence-electron chi connectivity index (χ1n) is 42.2. The molecule has 0 atom stereocenters. The molecule has 0 heteroatoms. The van der Waals surface area contributed by atoms with Crippen molar-refractivity contribution >= 4 is 48.6 Å². The minimum atomic E-state index is -0.751. The van der Waals surface area contributed by atoms with Crippen molar-refractivity contribution in [1.29, 1.82) is 0 Å². The standard InChI is InChI=1S/C107H128/c1-13-25-33-41-49-94-82-102(98(78-90(94)24-12)50-42-34-26-14-2)66-54-86-61-73-106(74-62-86)107(103-67-55-83(56-68-103)51-63-99-79-91(43-35-27-15-3)87(21-9)75-95(99)46-38-30-18-6,104-69-57-84(58-70-104)52-64-100-80-92(44-36-28-16-4)88(22-10)76-96(100)47-39-31-19-7)105-71-59-85(60-72-105)53-65-101-81-93(45-37-29-17-5)89(23-11)77-97(101)48-40-32-20-8/h9-12,51-82H,13-20,25-50H2,1-8H3/b63-51+,64-52+,65-53+,66-54+. The fourth-order valence-electron chi connectivity index (χ4n) is 15.7. The van der Waals surface area contributed by atoms with Crippen LogP contribution in [0.3, 0.4) is 0 Å². The molecule has 0 aliphatic heterocycles. The van der Waals surface area contributed by atoms with Crippen LogP contribution in [0.4, 0.5) is 0 Å². The van der Waals surface area contributed by atoms with Gasteiger partial charge in [0.15, 0.2) is 0 Å². The molecule has 0 N–H and O–H groups in total. The zero-order chi connectivity index (χ0) is 75.9. The minimum absolute atomic E-state index is 0.751. The van der Waals surface area contributed by atoms with Gasteiger partial charge in [0.1, 0.15) is 0 Å². The molecule has 0 aromatic heterocycles. The van der Waals surface area contributed by atoms with Gasteiger partial charge in [-0.3, -0.25) is 0 Å². The smallest absolute Gasteiger partial charge is 0.0701 e. The second-order valence-electron chi connectivity index (χ2n) is 30.3. The van der Waals surface area contributed by atoms with Gasteiger partial charge in [-0.2, -0.15) is 0 Å². The lowest BCUT2D eigenvalue weighted by Crippen LogP contribution is -2.31. The van der Waals surface area contributed by atoms with Gasteiger partial charge in [0.2, 0.25) is 0 Å². The Labute approximate surface area is 652 Å². The molecule has 8 aromatic rings. The quantitative estimate of drug-likeness (QED) is 0.0154. The summed E-state index contributed by atoms with van der Waals surface area (Å²) in [5.74, 6) is 12.3. The zero-order valence-corrected chi connectivity index (χ0v) is 67.3. The molecule has 0 bridgehead atoms. The van der Waals surface area contributed by atoms with Gasteiger partial charge in [-0.25, -0.2) is 0 Å². The normalized spacial score (nSPS) is 11.7. The van der Waals surface area contributed by atoms with Crippen molar-refractivity contribution in [3.63, 3.8) is 0 Å². The van der Waals surface area contributed by atoms with Gasteiger partial charge in [-0.15, -0.1) is 25.7 Å². The van der Waals surface area contributed by atoms with Crippen LogP contribution in [0.25, 0.3) is 48.6 Å². The highest BCUT2D eigenvalue weighted by atomic mass is 14.4. The van der Waals surface area contributed by atoms with E-state index in [1.807, 2.05) is 0 Å². The summed E-state index contributed by atoms with van der Waals surface area (Å²) in [5, 5.41) is 0. The topological polar surface area (TPSA) is 0 Å². The number of hydrogen-bond acceptors (Lipinski definition) is 0. The summed E-state index contributed by atoms with van der Waals surface area (Å²) in [6.45, 7) is 18.2. The van der Waals surface area contributed by atoms with Crippen molar-refractivity contribution in [1.82, 2.24) is 0 Å². The highest BCUT2D eigenvalue weighted by Gasteiger charge is 2.38. The van der Waals surface area contributed by atoms with Crippen LogP contribution in [0.2, 0.25) is 0 Å². The molecule has 8 rings (SSSR count). The Morgan fingerprint density at radius 2 is 0.393 bits per heavy atom. The van der Waals surface area contributed by atoms with Crippen LogP contribution in [-0.2, 0) is 56.8 Å². The van der Waals surface area contributed by atoms with E-state index < -0.39 is 5.41 Å². The molecule has 0 aliphatic carbocycles. The molecule has 0 saturated carbocycles. The first-order valence-corrected chi connectivity index (χ1v) is 42.2. The van der Waals surface area contributed by atoms with Gasteiger partial charge in [0, 0.05) is 22.3 Å².